The first-order chi connectivity index (χ1) is 20.0. The van der Waals surface area contributed by atoms with Crippen molar-refractivity contribution in [3.63, 3.8) is 0 Å². The Balaban J connectivity index is 0.000000192. The largest absolute Gasteiger partial charge is 0.707 e. The fourth-order valence-corrected chi connectivity index (χ4v) is 14.0. The van der Waals surface area contributed by atoms with Crippen LogP contribution in [0.1, 0.15) is 91.4 Å². The molecular formula is C36H52BO3P. The van der Waals surface area contributed by atoms with Gasteiger partial charge in [-0.2, -0.15) is 0 Å². The summed E-state index contributed by atoms with van der Waals surface area (Å²) in [5, 5.41) is 24.6. The van der Waals surface area contributed by atoms with Gasteiger partial charge in [0.1, 0.15) is 5.75 Å². The maximum absolute atomic E-state index is 9.14. The number of rotatable bonds is 12. The second-order valence-corrected chi connectivity index (χ2v) is 17.3. The molecule has 4 aromatic rings. The van der Waals surface area contributed by atoms with Gasteiger partial charge in [0.2, 0.25) is 0 Å². The first-order valence-corrected chi connectivity index (χ1v) is 19.1. The van der Waals surface area contributed by atoms with E-state index in [-0.39, 0.29) is 0 Å². The molecule has 0 bridgehead atoms. The molecule has 0 spiro atoms. The molecule has 1 saturated carbocycles. The van der Waals surface area contributed by atoms with Crippen molar-refractivity contribution in [2.24, 2.45) is 0 Å². The van der Waals surface area contributed by atoms with Crippen molar-refractivity contribution in [2.45, 2.75) is 97.1 Å². The van der Waals surface area contributed by atoms with E-state index in [2.05, 4.69) is 51.1 Å². The van der Waals surface area contributed by atoms with Gasteiger partial charge in [0.15, 0.2) is 0 Å². The number of hydrogen-bond acceptors (Lipinski definition) is 3. The van der Waals surface area contributed by atoms with Crippen LogP contribution in [0.15, 0.2) is 66.7 Å². The van der Waals surface area contributed by atoms with Crippen LogP contribution in [0.25, 0.3) is 32.3 Å². The minimum Gasteiger partial charge on any atom is -0.511 e. The zero-order chi connectivity index (χ0) is 29.1. The third-order valence-corrected chi connectivity index (χ3v) is 15.8. The van der Waals surface area contributed by atoms with Gasteiger partial charge in [0.25, 0.3) is 0 Å². The van der Waals surface area contributed by atoms with E-state index in [0.717, 1.165) is 26.9 Å². The minimum absolute atomic E-state index is 0.466. The third-order valence-electron chi connectivity index (χ3n) is 9.48. The van der Waals surface area contributed by atoms with E-state index in [1.165, 1.54) is 56.0 Å². The van der Waals surface area contributed by atoms with Gasteiger partial charge < -0.3 is 14.7 Å². The van der Waals surface area contributed by atoms with Gasteiger partial charge in [-0.3, -0.25) is 0 Å². The topological polar surface area (TPSA) is 49.7 Å². The summed E-state index contributed by atoms with van der Waals surface area (Å²) in [5.41, 5.74) is 1.20. The molecule has 0 radical (unpaired) electrons. The Morgan fingerprint density at radius 2 is 1.24 bits per heavy atom. The number of hydrogen-bond donors (Lipinski definition) is 2. The Kier molecular flexibility index (Phi) is 12.3. The molecule has 0 saturated heterocycles. The van der Waals surface area contributed by atoms with Crippen LogP contribution >= 0.6 is 7.26 Å². The maximum atomic E-state index is 9.14. The molecule has 2 N–H and O–H groups in total. The molecule has 0 heterocycles. The van der Waals surface area contributed by atoms with Crippen molar-refractivity contribution in [1.82, 2.24) is 0 Å². The fraction of sp³-hybridized carbons (Fsp3) is 0.500. The molecule has 222 valence electrons. The summed E-state index contributed by atoms with van der Waals surface area (Å²) in [4.78, 5) is 0. The zero-order valence-electron chi connectivity index (χ0n) is 25.7. The second-order valence-electron chi connectivity index (χ2n) is 12.3. The average Bonchev–Trinajstić information content (AvgIpc) is 3.00. The molecule has 1 fully saturated rings. The molecule has 5 rings (SSSR count). The molecule has 0 unspecified atom stereocenters. The van der Waals surface area contributed by atoms with E-state index in [0.29, 0.717) is 5.75 Å². The van der Waals surface area contributed by atoms with Crippen LogP contribution in [0.4, 0.5) is 0 Å². The van der Waals surface area contributed by atoms with Crippen molar-refractivity contribution in [2.75, 3.05) is 18.5 Å². The van der Waals surface area contributed by atoms with Crippen molar-refractivity contribution < 1.29 is 14.7 Å². The van der Waals surface area contributed by atoms with E-state index >= 15 is 0 Å². The molecule has 3 nitrogen and oxygen atoms in total. The molecule has 41 heavy (non-hydrogen) atoms. The zero-order valence-corrected chi connectivity index (χ0v) is 26.7. The van der Waals surface area contributed by atoms with Crippen LogP contribution in [0.2, 0.25) is 0 Å². The summed E-state index contributed by atoms with van der Waals surface area (Å²) < 4.78 is 5.16. The van der Waals surface area contributed by atoms with Gasteiger partial charge in [0.05, 0.1) is 0 Å². The summed E-state index contributed by atoms with van der Waals surface area (Å²) in [7, 11) is -2.79. The maximum Gasteiger partial charge on any atom is 0.707 e. The van der Waals surface area contributed by atoms with Gasteiger partial charge in [-0.1, -0.05) is 48.5 Å². The van der Waals surface area contributed by atoms with Crippen LogP contribution in [-0.4, -0.2) is 41.5 Å². The number of benzene rings is 4. The fourth-order valence-electron chi connectivity index (χ4n) is 7.27. The molecule has 0 amide bonds. The van der Waals surface area contributed by atoms with E-state index in [1.54, 1.807) is 50.2 Å². The summed E-state index contributed by atoms with van der Waals surface area (Å²) in [6, 6.07) is 22.1. The van der Waals surface area contributed by atoms with Crippen molar-refractivity contribution in [3.8, 4) is 5.75 Å². The first-order valence-electron chi connectivity index (χ1n) is 16.4. The van der Waals surface area contributed by atoms with Crippen LogP contribution in [0.3, 0.4) is 0 Å². The minimum atomic E-state index is -1.83. The number of unbranched alkanes of at least 4 members (excludes halogenated alkanes) is 3. The molecule has 0 atom stereocenters. The summed E-state index contributed by atoms with van der Waals surface area (Å²) in [6.07, 6.45) is 21.6. The van der Waals surface area contributed by atoms with Gasteiger partial charge in [-0.25, -0.2) is 0 Å². The van der Waals surface area contributed by atoms with E-state index in [9.17, 15) is 0 Å². The third kappa shape index (κ3) is 8.25. The van der Waals surface area contributed by atoms with Gasteiger partial charge >= 0.3 is 130 Å². The molecule has 1 aliphatic carbocycles. The summed E-state index contributed by atoms with van der Waals surface area (Å²) in [5.74, 6) is 0.466. The quantitative estimate of drug-likeness (QED) is 0.0766. The van der Waals surface area contributed by atoms with Crippen molar-refractivity contribution in [3.05, 3.63) is 66.7 Å². The van der Waals surface area contributed by atoms with Gasteiger partial charge in [-0.05, 0) is 45.1 Å². The first kappa shape index (κ1) is 31.8. The SMILES string of the molecule is CCCC[PH](CCCC)(CCCC)C1CCCCC1.OB(O)Oc1cccc2ccc3cc4ccccc4cc3c12. The monoisotopic (exact) mass is 574 g/mol. The Hall–Kier alpha value is -2.13. The molecular weight excluding hydrogens is 522 g/mol. The van der Waals surface area contributed by atoms with Gasteiger partial charge in [-0.15, -0.1) is 0 Å². The van der Waals surface area contributed by atoms with Crippen LogP contribution in [0.5, 0.6) is 5.75 Å². The van der Waals surface area contributed by atoms with E-state index < -0.39 is 14.6 Å². The Morgan fingerprint density at radius 1 is 0.683 bits per heavy atom. The average molecular weight is 575 g/mol. The van der Waals surface area contributed by atoms with Crippen LogP contribution < -0.4 is 4.65 Å². The Bertz CT molecular complexity index is 1340. The van der Waals surface area contributed by atoms with Crippen LogP contribution in [0, 0.1) is 0 Å². The molecule has 0 aromatic heterocycles. The number of fused-ring (bicyclic) bond motifs is 4. The Labute approximate surface area is 249 Å². The van der Waals surface area contributed by atoms with Crippen molar-refractivity contribution in [1.29, 1.82) is 0 Å². The predicted molar refractivity (Wildman–Crippen MR) is 184 cm³/mol. The second kappa shape index (κ2) is 15.9. The smallest absolute Gasteiger partial charge is 0.511 e. The molecule has 5 heteroatoms. The molecule has 0 aliphatic heterocycles. The van der Waals surface area contributed by atoms with E-state index in [4.69, 9.17) is 14.7 Å². The molecule has 4 aromatic carbocycles. The van der Waals surface area contributed by atoms with Crippen molar-refractivity contribution >= 4 is 46.9 Å². The standard InChI is InChI=1S/C18H13BO3.C18H39P/c20-19(21)22-17-7-3-6-12-8-9-15-10-13-4-1-2-5-14(13)11-16(15)18(12)17;1-4-7-15-19(16-8-5-2,17-9-6-3)18-13-11-10-12-14-18/h1-11,20-21H;18-19H,4-17H2,1-3H3. The summed E-state index contributed by atoms with van der Waals surface area (Å²) in [6.45, 7) is 7.17. The predicted octanol–water partition coefficient (Wildman–Crippen LogP) is 9.96. The van der Waals surface area contributed by atoms with Crippen LogP contribution in [-0.2, 0) is 0 Å². The normalized spacial score (nSPS) is 14.7. The van der Waals surface area contributed by atoms with Gasteiger partial charge in [0, 0.05) is 5.39 Å². The molecule has 1 aliphatic rings. The van der Waals surface area contributed by atoms with E-state index in [1.807, 2.05) is 30.3 Å². The summed E-state index contributed by atoms with van der Waals surface area (Å²) >= 11 is 0. The Morgan fingerprint density at radius 3 is 1.83 bits per heavy atom.